The third kappa shape index (κ3) is 4.44. The quantitative estimate of drug-likeness (QED) is 0.484. The lowest BCUT2D eigenvalue weighted by Crippen LogP contribution is -2.08. The molecule has 4 nitrogen and oxygen atoms in total. The number of aromatic carboxylic acids is 1. The maximum Gasteiger partial charge on any atom is 0.339 e. The van der Waals surface area contributed by atoms with Gasteiger partial charge in [-0.2, -0.15) is 0 Å². The molecule has 0 spiro atoms. The molecule has 0 aliphatic rings. The van der Waals surface area contributed by atoms with E-state index in [0.717, 1.165) is 5.56 Å². The van der Waals surface area contributed by atoms with Crippen molar-refractivity contribution in [3.63, 3.8) is 0 Å². The Morgan fingerprint density at radius 2 is 1.82 bits per heavy atom. The van der Waals surface area contributed by atoms with E-state index in [1.54, 1.807) is 36.4 Å². The number of esters is 1. The van der Waals surface area contributed by atoms with Gasteiger partial charge in [-0.3, -0.25) is 0 Å². The van der Waals surface area contributed by atoms with Gasteiger partial charge in [-0.1, -0.05) is 39.7 Å². The summed E-state index contributed by atoms with van der Waals surface area (Å²) in [7, 11) is 0. The molecule has 112 valence electrons. The van der Waals surface area contributed by atoms with E-state index in [1.165, 1.54) is 18.2 Å². The molecule has 6 heteroatoms. The van der Waals surface area contributed by atoms with E-state index in [2.05, 4.69) is 15.9 Å². The first-order chi connectivity index (χ1) is 10.5. The lowest BCUT2D eigenvalue weighted by Gasteiger charge is -2.05. The number of carbonyl (C=O) groups excluding carboxylic acids is 1. The van der Waals surface area contributed by atoms with Gasteiger partial charge < -0.3 is 9.84 Å². The highest BCUT2D eigenvalue weighted by atomic mass is 79.9. The number of hydrogen-bond donors (Lipinski definition) is 1. The van der Waals surface area contributed by atoms with Crippen molar-refractivity contribution in [1.82, 2.24) is 0 Å². The van der Waals surface area contributed by atoms with Crippen LogP contribution in [0.25, 0.3) is 6.08 Å². The summed E-state index contributed by atoms with van der Waals surface area (Å²) < 4.78 is 5.64. The Labute approximate surface area is 140 Å². The van der Waals surface area contributed by atoms with Crippen LogP contribution in [0, 0.1) is 0 Å². The van der Waals surface area contributed by atoms with E-state index in [-0.39, 0.29) is 11.3 Å². The second-order valence-electron chi connectivity index (χ2n) is 4.25. The Morgan fingerprint density at radius 3 is 2.45 bits per heavy atom. The maximum atomic E-state index is 11.8. The number of halogens is 2. The molecule has 0 heterocycles. The number of carboxylic acid groups (broad SMARTS) is 1. The average Bonchev–Trinajstić information content (AvgIpc) is 2.48. The number of rotatable bonds is 4. The number of carbonyl (C=O) groups is 2. The summed E-state index contributed by atoms with van der Waals surface area (Å²) in [6, 6.07) is 11.3. The first-order valence-electron chi connectivity index (χ1n) is 6.14. The van der Waals surface area contributed by atoms with Gasteiger partial charge in [-0.25, -0.2) is 9.59 Å². The number of ether oxygens (including phenoxy) is 1. The lowest BCUT2D eigenvalue weighted by atomic mass is 10.2. The first-order valence-corrected chi connectivity index (χ1v) is 7.31. The fraction of sp³-hybridized carbons (Fsp3) is 0. The maximum absolute atomic E-state index is 11.8. The Morgan fingerprint density at radius 1 is 1.14 bits per heavy atom. The normalized spacial score (nSPS) is 10.6. The average molecular weight is 382 g/mol. The molecule has 0 unspecified atom stereocenters. The van der Waals surface area contributed by atoms with Crippen LogP contribution in [0.5, 0.6) is 5.75 Å². The monoisotopic (exact) mass is 380 g/mol. The van der Waals surface area contributed by atoms with Crippen LogP contribution in [0.4, 0.5) is 0 Å². The van der Waals surface area contributed by atoms with Crippen molar-refractivity contribution in [2.24, 2.45) is 0 Å². The fourth-order valence-electron chi connectivity index (χ4n) is 1.64. The molecule has 0 amide bonds. The second kappa shape index (κ2) is 7.24. The second-order valence-corrected chi connectivity index (χ2v) is 5.60. The minimum absolute atomic E-state index is 0.0125. The zero-order chi connectivity index (χ0) is 16.1. The molecular weight excluding hydrogens is 372 g/mol. The molecule has 0 saturated heterocycles. The molecule has 0 bridgehead atoms. The van der Waals surface area contributed by atoms with Gasteiger partial charge in [0, 0.05) is 15.6 Å². The molecule has 0 saturated carbocycles. The SMILES string of the molecule is O=C(/C=C/c1ccc(Cl)cc1)Oc1ccc(Br)cc1C(=O)O. The molecule has 1 N–H and O–H groups in total. The Hall–Kier alpha value is -2.11. The molecule has 2 aromatic rings. The predicted octanol–water partition coefficient (Wildman–Crippen LogP) is 4.42. The summed E-state index contributed by atoms with van der Waals surface area (Å²) in [6.45, 7) is 0. The van der Waals surface area contributed by atoms with Crippen molar-refractivity contribution in [2.75, 3.05) is 0 Å². The third-order valence-electron chi connectivity index (χ3n) is 2.66. The lowest BCUT2D eigenvalue weighted by molar-refractivity contribution is -0.128. The summed E-state index contributed by atoms with van der Waals surface area (Å²) in [5, 5.41) is 9.69. The molecule has 0 aliphatic heterocycles. The topological polar surface area (TPSA) is 63.6 Å². The highest BCUT2D eigenvalue weighted by Gasteiger charge is 2.13. The van der Waals surface area contributed by atoms with E-state index in [4.69, 9.17) is 21.4 Å². The molecule has 0 aromatic heterocycles. The van der Waals surface area contributed by atoms with E-state index in [0.29, 0.717) is 9.50 Å². The van der Waals surface area contributed by atoms with Crippen LogP contribution in [-0.4, -0.2) is 17.0 Å². The molecule has 22 heavy (non-hydrogen) atoms. The number of hydrogen-bond acceptors (Lipinski definition) is 3. The van der Waals surface area contributed by atoms with Gasteiger partial charge in [0.05, 0.1) is 0 Å². The molecular formula is C16H10BrClO4. The highest BCUT2D eigenvalue weighted by Crippen LogP contribution is 2.23. The van der Waals surface area contributed by atoms with Crippen LogP contribution in [0.15, 0.2) is 53.0 Å². The smallest absolute Gasteiger partial charge is 0.339 e. The molecule has 0 atom stereocenters. The van der Waals surface area contributed by atoms with E-state index >= 15 is 0 Å². The van der Waals surface area contributed by atoms with Gasteiger partial charge in [-0.05, 0) is 42.0 Å². The number of benzene rings is 2. The first kappa shape index (κ1) is 16.3. The molecule has 2 rings (SSSR count). The van der Waals surface area contributed by atoms with Gasteiger partial charge in [0.15, 0.2) is 0 Å². The van der Waals surface area contributed by atoms with Gasteiger partial charge in [0.1, 0.15) is 11.3 Å². The van der Waals surface area contributed by atoms with Crippen LogP contribution in [0.2, 0.25) is 5.02 Å². The molecule has 0 fully saturated rings. The third-order valence-corrected chi connectivity index (χ3v) is 3.41. The van der Waals surface area contributed by atoms with E-state index < -0.39 is 11.9 Å². The van der Waals surface area contributed by atoms with Crippen LogP contribution in [0.3, 0.4) is 0 Å². The van der Waals surface area contributed by atoms with Crippen molar-refractivity contribution >= 4 is 45.5 Å². The van der Waals surface area contributed by atoms with Crippen molar-refractivity contribution in [1.29, 1.82) is 0 Å². The predicted molar refractivity (Wildman–Crippen MR) is 87.2 cm³/mol. The molecule has 2 aromatic carbocycles. The zero-order valence-corrected chi connectivity index (χ0v) is 13.5. The van der Waals surface area contributed by atoms with Crippen LogP contribution in [-0.2, 0) is 4.79 Å². The van der Waals surface area contributed by atoms with Crippen LogP contribution in [0.1, 0.15) is 15.9 Å². The van der Waals surface area contributed by atoms with Crippen LogP contribution >= 0.6 is 27.5 Å². The van der Waals surface area contributed by atoms with Crippen molar-refractivity contribution in [3.8, 4) is 5.75 Å². The number of carboxylic acids is 1. The minimum Gasteiger partial charge on any atom is -0.478 e. The largest absolute Gasteiger partial charge is 0.478 e. The highest BCUT2D eigenvalue weighted by molar-refractivity contribution is 9.10. The zero-order valence-electron chi connectivity index (χ0n) is 11.1. The van der Waals surface area contributed by atoms with Gasteiger partial charge in [-0.15, -0.1) is 0 Å². The summed E-state index contributed by atoms with van der Waals surface area (Å²) in [4.78, 5) is 22.9. The van der Waals surface area contributed by atoms with Gasteiger partial charge in [0.2, 0.25) is 0 Å². The van der Waals surface area contributed by atoms with E-state index in [1.807, 2.05) is 0 Å². The Kier molecular flexibility index (Phi) is 5.35. The standard InChI is InChI=1S/C16H10BrClO4/c17-11-4-7-14(13(9-11)16(20)21)22-15(19)8-3-10-1-5-12(18)6-2-10/h1-9H,(H,20,21)/b8-3+. The van der Waals surface area contributed by atoms with E-state index in [9.17, 15) is 9.59 Å². The summed E-state index contributed by atoms with van der Waals surface area (Å²) in [5.41, 5.74) is 0.679. The Balaban J connectivity index is 2.12. The molecule has 0 aliphatic carbocycles. The van der Waals surface area contributed by atoms with Crippen molar-refractivity contribution in [2.45, 2.75) is 0 Å². The minimum atomic E-state index is -1.18. The summed E-state index contributed by atoms with van der Waals surface area (Å²) in [5.74, 6) is -1.85. The molecule has 0 radical (unpaired) electrons. The van der Waals surface area contributed by atoms with Gasteiger partial charge in [0.25, 0.3) is 0 Å². The summed E-state index contributed by atoms with van der Waals surface area (Å²) >= 11 is 8.94. The van der Waals surface area contributed by atoms with Gasteiger partial charge >= 0.3 is 11.9 Å². The van der Waals surface area contributed by atoms with Crippen molar-refractivity contribution in [3.05, 3.63) is 69.2 Å². The van der Waals surface area contributed by atoms with Crippen LogP contribution < -0.4 is 4.74 Å². The Bertz CT molecular complexity index is 738. The fourth-order valence-corrected chi connectivity index (χ4v) is 2.13. The van der Waals surface area contributed by atoms with Crippen molar-refractivity contribution < 1.29 is 19.4 Å². The summed E-state index contributed by atoms with van der Waals surface area (Å²) in [6.07, 6.45) is 2.77.